The summed E-state index contributed by atoms with van der Waals surface area (Å²) in [4.78, 5) is 0. The van der Waals surface area contributed by atoms with Crippen LogP contribution in [0.15, 0.2) is 40.8 Å². The quantitative estimate of drug-likeness (QED) is 0.702. The molecule has 0 saturated carbocycles. The highest BCUT2D eigenvalue weighted by Gasteiger charge is 2.25. The van der Waals surface area contributed by atoms with E-state index in [1.807, 2.05) is 18.2 Å². The lowest BCUT2D eigenvalue weighted by atomic mass is 9.95. The Labute approximate surface area is 120 Å². The zero-order valence-corrected chi connectivity index (χ0v) is 12.1. The van der Waals surface area contributed by atoms with Gasteiger partial charge in [0, 0.05) is 24.2 Å². The fraction of sp³-hybridized carbons (Fsp3) is 0.444. The second-order valence-electron chi connectivity index (χ2n) is 5.46. The molecule has 2 heteroatoms. The Morgan fingerprint density at radius 1 is 1.25 bits per heavy atom. The monoisotopic (exact) mass is 270 g/mol. The van der Waals surface area contributed by atoms with E-state index in [1.165, 1.54) is 12.0 Å². The minimum Gasteiger partial charge on any atom is -0.461 e. The summed E-state index contributed by atoms with van der Waals surface area (Å²) in [5.41, 5.74) is 2.42. The Hall–Kier alpha value is -1.54. The van der Waals surface area contributed by atoms with Gasteiger partial charge in [-0.25, -0.2) is 0 Å². The van der Waals surface area contributed by atoms with Crippen LogP contribution in [0, 0.1) is 0 Å². The summed E-state index contributed by atoms with van der Waals surface area (Å²) in [5, 5.41) is 0. The van der Waals surface area contributed by atoms with E-state index in [4.69, 9.17) is 9.15 Å². The summed E-state index contributed by atoms with van der Waals surface area (Å²) in [7, 11) is 0. The van der Waals surface area contributed by atoms with Gasteiger partial charge in [-0.2, -0.15) is 0 Å². The number of ether oxygens (including phenoxy) is 1. The molecule has 1 aliphatic carbocycles. The van der Waals surface area contributed by atoms with Crippen LogP contribution in [-0.4, -0.2) is 6.61 Å². The average Bonchev–Trinajstić information content (AvgIpc) is 2.93. The zero-order valence-electron chi connectivity index (χ0n) is 12.1. The number of fused-ring (bicyclic) bond motifs is 1. The molecule has 20 heavy (non-hydrogen) atoms. The van der Waals surface area contributed by atoms with Gasteiger partial charge in [-0.05, 0) is 25.3 Å². The standard InChI is InChI=1S/C18H22O2/c1-2-3-12-19-16-10-7-11-17-15(16)13-18(20-17)14-8-5-4-6-9-14/h4-6,8-9,13,16H,2-3,7,10-12H2,1H3. The molecule has 0 spiro atoms. The smallest absolute Gasteiger partial charge is 0.134 e. The normalized spacial score (nSPS) is 17.9. The van der Waals surface area contributed by atoms with Gasteiger partial charge in [0.1, 0.15) is 11.5 Å². The van der Waals surface area contributed by atoms with Crippen LogP contribution in [0.25, 0.3) is 11.3 Å². The lowest BCUT2D eigenvalue weighted by Gasteiger charge is -2.21. The molecule has 0 amide bonds. The molecule has 1 unspecified atom stereocenters. The van der Waals surface area contributed by atoms with Crippen molar-refractivity contribution in [2.75, 3.05) is 6.61 Å². The Morgan fingerprint density at radius 3 is 2.90 bits per heavy atom. The van der Waals surface area contributed by atoms with Gasteiger partial charge >= 0.3 is 0 Å². The minimum absolute atomic E-state index is 0.228. The molecule has 0 radical (unpaired) electrons. The van der Waals surface area contributed by atoms with Gasteiger partial charge in [-0.3, -0.25) is 0 Å². The fourth-order valence-corrected chi connectivity index (χ4v) is 2.80. The number of benzene rings is 1. The maximum atomic E-state index is 6.05. The maximum Gasteiger partial charge on any atom is 0.134 e. The Kier molecular flexibility index (Phi) is 4.22. The molecule has 0 bridgehead atoms. The van der Waals surface area contributed by atoms with Crippen LogP contribution in [0.1, 0.15) is 50.0 Å². The third kappa shape index (κ3) is 2.80. The van der Waals surface area contributed by atoms with Crippen LogP contribution in [0.3, 0.4) is 0 Å². The van der Waals surface area contributed by atoms with Gasteiger partial charge in [-0.1, -0.05) is 43.7 Å². The second-order valence-corrected chi connectivity index (χ2v) is 5.46. The number of furan rings is 1. The highest BCUT2D eigenvalue weighted by Crippen LogP contribution is 2.37. The number of hydrogen-bond donors (Lipinski definition) is 0. The molecule has 0 N–H and O–H groups in total. The van der Waals surface area contributed by atoms with E-state index < -0.39 is 0 Å². The van der Waals surface area contributed by atoms with Crippen molar-refractivity contribution in [3.05, 3.63) is 47.7 Å². The largest absolute Gasteiger partial charge is 0.461 e. The first-order valence-corrected chi connectivity index (χ1v) is 7.68. The first-order chi connectivity index (χ1) is 9.88. The topological polar surface area (TPSA) is 22.4 Å². The number of unbranched alkanes of at least 4 members (excludes halogenated alkanes) is 1. The Balaban J connectivity index is 1.81. The molecule has 1 aromatic carbocycles. The van der Waals surface area contributed by atoms with Gasteiger partial charge in [-0.15, -0.1) is 0 Å². The molecule has 1 heterocycles. The van der Waals surface area contributed by atoms with Crippen molar-refractivity contribution in [2.24, 2.45) is 0 Å². The Bertz CT molecular complexity index is 542. The maximum absolute atomic E-state index is 6.05. The van der Waals surface area contributed by atoms with Gasteiger partial charge in [0.25, 0.3) is 0 Å². The summed E-state index contributed by atoms with van der Waals surface area (Å²) >= 11 is 0. The molecule has 2 nitrogen and oxygen atoms in total. The minimum atomic E-state index is 0.228. The predicted molar refractivity (Wildman–Crippen MR) is 80.7 cm³/mol. The van der Waals surface area contributed by atoms with Gasteiger partial charge in [0.2, 0.25) is 0 Å². The SMILES string of the molecule is CCCCOC1CCCc2oc(-c3ccccc3)cc21. The molecule has 2 aromatic rings. The first-order valence-electron chi connectivity index (χ1n) is 7.68. The van der Waals surface area contributed by atoms with Crippen molar-refractivity contribution in [3.63, 3.8) is 0 Å². The van der Waals surface area contributed by atoms with Crippen LogP contribution in [0.4, 0.5) is 0 Å². The predicted octanol–water partition coefficient (Wildman–Crippen LogP) is 5.14. The van der Waals surface area contributed by atoms with Crippen molar-refractivity contribution in [3.8, 4) is 11.3 Å². The Morgan fingerprint density at radius 2 is 2.10 bits per heavy atom. The summed E-state index contributed by atoms with van der Waals surface area (Å²) in [6.07, 6.45) is 5.85. The summed E-state index contributed by atoms with van der Waals surface area (Å²) < 4.78 is 12.1. The van der Waals surface area contributed by atoms with E-state index in [-0.39, 0.29) is 6.10 Å². The molecule has 0 aliphatic heterocycles. The first kappa shape index (κ1) is 13.4. The van der Waals surface area contributed by atoms with Crippen LogP contribution in [0.5, 0.6) is 0 Å². The van der Waals surface area contributed by atoms with Gasteiger partial charge < -0.3 is 9.15 Å². The average molecular weight is 270 g/mol. The van der Waals surface area contributed by atoms with E-state index in [9.17, 15) is 0 Å². The molecular weight excluding hydrogens is 248 g/mol. The van der Waals surface area contributed by atoms with E-state index in [2.05, 4.69) is 25.1 Å². The van der Waals surface area contributed by atoms with Crippen LogP contribution in [0.2, 0.25) is 0 Å². The fourth-order valence-electron chi connectivity index (χ4n) is 2.80. The highest BCUT2D eigenvalue weighted by molar-refractivity contribution is 5.59. The van der Waals surface area contributed by atoms with Gasteiger partial charge in [0.05, 0.1) is 6.10 Å². The van der Waals surface area contributed by atoms with E-state index in [0.717, 1.165) is 49.4 Å². The second kappa shape index (κ2) is 6.27. The molecule has 1 aliphatic rings. The third-order valence-corrected chi connectivity index (χ3v) is 3.93. The van der Waals surface area contributed by atoms with Crippen molar-refractivity contribution in [1.29, 1.82) is 0 Å². The van der Waals surface area contributed by atoms with Crippen molar-refractivity contribution in [1.82, 2.24) is 0 Å². The highest BCUT2D eigenvalue weighted by atomic mass is 16.5. The molecule has 1 atom stereocenters. The van der Waals surface area contributed by atoms with Crippen molar-refractivity contribution >= 4 is 0 Å². The van der Waals surface area contributed by atoms with Crippen LogP contribution >= 0.6 is 0 Å². The third-order valence-electron chi connectivity index (χ3n) is 3.93. The molecular formula is C18H22O2. The summed E-state index contributed by atoms with van der Waals surface area (Å²) in [5.74, 6) is 2.10. The lowest BCUT2D eigenvalue weighted by Crippen LogP contribution is -2.11. The molecule has 106 valence electrons. The van der Waals surface area contributed by atoms with Crippen molar-refractivity contribution in [2.45, 2.75) is 45.1 Å². The van der Waals surface area contributed by atoms with E-state index >= 15 is 0 Å². The van der Waals surface area contributed by atoms with Crippen molar-refractivity contribution < 1.29 is 9.15 Å². The summed E-state index contributed by atoms with van der Waals surface area (Å²) in [6.45, 7) is 3.05. The van der Waals surface area contributed by atoms with E-state index in [0.29, 0.717) is 0 Å². The summed E-state index contributed by atoms with van der Waals surface area (Å²) in [6, 6.07) is 12.5. The molecule has 1 aromatic heterocycles. The molecule has 3 rings (SSSR count). The van der Waals surface area contributed by atoms with Crippen LogP contribution < -0.4 is 0 Å². The van der Waals surface area contributed by atoms with Crippen LogP contribution in [-0.2, 0) is 11.2 Å². The van der Waals surface area contributed by atoms with Gasteiger partial charge in [0.15, 0.2) is 0 Å². The number of aryl methyl sites for hydroxylation is 1. The number of hydrogen-bond acceptors (Lipinski definition) is 2. The zero-order chi connectivity index (χ0) is 13.8. The molecule has 0 fully saturated rings. The molecule has 0 saturated heterocycles. The lowest BCUT2D eigenvalue weighted by molar-refractivity contribution is 0.0374. The number of rotatable bonds is 5. The van der Waals surface area contributed by atoms with E-state index in [1.54, 1.807) is 0 Å².